The van der Waals surface area contributed by atoms with Crippen LogP contribution in [-0.2, 0) is 19.8 Å². The zero-order valence-corrected chi connectivity index (χ0v) is 16.6. The van der Waals surface area contributed by atoms with Gasteiger partial charge in [0.05, 0.1) is 18.1 Å². The van der Waals surface area contributed by atoms with Crippen molar-refractivity contribution < 1.29 is 28.2 Å². The molecule has 0 aliphatic carbocycles. The number of nitrogens with one attached hydrogen (secondary N) is 2. The number of amides is 1. The molecule has 12 heteroatoms. The van der Waals surface area contributed by atoms with Crippen LogP contribution in [0.15, 0.2) is 10.6 Å². The number of aliphatic hydroxyl groups is 1. The lowest BCUT2D eigenvalue weighted by Gasteiger charge is -2.46. The van der Waals surface area contributed by atoms with E-state index in [1.54, 1.807) is 6.92 Å². The molecule has 3 rings (SSSR count). The van der Waals surface area contributed by atoms with Crippen LogP contribution in [0.5, 0.6) is 0 Å². The predicted molar refractivity (Wildman–Crippen MR) is 98.5 cm³/mol. The molecule has 6 atom stereocenters. The molecule has 10 nitrogen and oxygen atoms in total. The molecule has 0 spiro atoms. The average molecular weight is 421 g/mol. The van der Waals surface area contributed by atoms with Crippen molar-refractivity contribution in [1.29, 1.82) is 0 Å². The van der Waals surface area contributed by atoms with Gasteiger partial charge in [-0.2, -0.15) is 8.42 Å². The van der Waals surface area contributed by atoms with Gasteiger partial charge in [0.15, 0.2) is 0 Å². The second-order valence-corrected chi connectivity index (χ2v) is 9.97. The molecule has 27 heavy (non-hydrogen) atoms. The molecule has 0 aromatic heterocycles. The van der Waals surface area contributed by atoms with Crippen LogP contribution in [0.25, 0.3) is 0 Å². The van der Waals surface area contributed by atoms with E-state index in [0.717, 1.165) is 0 Å². The molecule has 152 valence electrons. The highest BCUT2D eigenvalue weighted by Gasteiger charge is 2.60. The SMILES string of the molecule is C[C@@H]1C(S[C@@H]2CN[C@@H](CNS(N)(=O)=O)C2)=C(C(=O)O)N2C(=O)[C@@H]([C@@H](C)O)[C@H]12. The van der Waals surface area contributed by atoms with E-state index in [4.69, 9.17) is 5.14 Å². The summed E-state index contributed by atoms with van der Waals surface area (Å²) in [5.41, 5.74) is 0.00510. The van der Waals surface area contributed by atoms with E-state index in [2.05, 4.69) is 10.0 Å². The number of nitrogens with zero attached hydrogens (tertiary/aromatic N) is 1. The fourth-order valence-electron chi connectivity index (χ4n) is 4.10. The quantitative estimate of drug-likeness (QED) is 0.308. The van der Waals surface area contributed by atoms with Crippen LogP contribution >= 0.6 is 11.8 Å². The van der Waals surface area contributed by atoms with E-state index in [1.165, 1.54) is 16.7 Å². The second-order valence-electron chi connectivity index (χ2n) is 7.25. The summed E-state index contributed by atoms with van der Waals surface area (Å²) in [6, 6.07) is -0.435. The highest BCUT2D eigenvalue weighted by Crippen LogP contribution is 2.51. The molecule has 0 aromatic carbocycles. The van der Waals surface area contributed by atoms with Crippen molar-refractivity contribution in [3.63, 3.8) is 0 Å². The van der Waals surface area contributed by atoms with Crippen LogP contribution in [0, 0.1) is 11.8 Å². The molecule has 6 N–H and O–H groups in total. The van der Waals surface area contributed by atoms with Crippen LogP contribution in [-0.4, -0.2) is 71.9 Å². The highest BCUT2D eigenvalue weighted by atomic mass is 32.2. The van der Waals surface area contributed by atoms with E-state index in [0.29, 0.717) is 17.9 Å². The number of rotatable bonds is 7. The van der Waals surface area contributed by atoms with Crippen molar-refractivity contribution in [2.75, 3.05) is 13.1 Å². The number of carbonyl (C=O) groups is 2. The van der Waals surface area contributed by atoms with E-state index < -0.39 is 28.2 Å². The van der Waals surface area contributed by atoms with Crippen molar-refractivity contribution in [3.8, 4) is 0 Å². The third-order valence-electron chi connectivity index (χ3n) is 5.32. The predicted octanol–water partition coefficient (Wildman–Crippen LogP) is -1.60. The molecule has 0 saturated carbocycles. The van der Waals surface area contributed by atoms with Gasteiger partial charge in [-0.3, -0.25) is 4.79 Å². The summed E-state index contributed by atoms with van der Waals surface area (Å²) in [5.74, 6) is -2.27. The number of nitrogens with two attached hydrogens (primary N) is 1. The highest BCUT2D eigenvalue weighted by molar-refractivity contribution is 8.03. The minimum absolute atomic E-state index is 0.00510. The normalized spacial score (nSPS) is 34.6. The Labute approximate surface area is 161 Å². The second kappa shape index (κ2) is 7.33. The van der Waals surface area contributed by atoms with Gasteiger partial charge in [-0.05, 0) is 13.3 Å². The van der Waals surface area contributed by atoms with E-state index >= 15 is 0 Å². The molecule has 3 aliphatic rings. The summed E-state index contributed by atoms with van der Waals surface area (Å²) in [6.45, 7) is 4.17. The van der Waals surface area contributed by atoms with Crippen molar-refractivity contribution in [1.82, 2.24) is 14.9 Å². The Morgan fingerprint density at radius 1 is 1.52 bits per heavy atom. The van der Waals surface area contributed by atoms with E-state index in [9.17, 15) is 28.2 Å². The summed E-state index contributed by atoms with van der Waals surface area (Å²) in [4.78, 5) is 26.1. The lowest BCUT2D eigenvalue weighted by molar-refractivity contribution is -0.163. The maximum atomic E-state index is 12.3. The number of aliphatic carboxylic acids is 1. The molecule has 3 aliphatic heterocycles. The molecule has 0 bridgehead atoms. The number of fused-ring (bicyclic) bond motifs is 1. The molecule has 3 heterocycles. The van der Waals surface area contributed by atoms with Gasteiger partial charge in [0.25, 0.3) is 10.2 Å². The first-order chi connectivity index (χ1) is 12.5. The first-order valence-electron chi connectivity index (χ1n) is 8.67. The molecule has 0 aromatic rings. The average Bonchev–Trinajstić information content (AvgIpc) is 3.07. The zero-order valence-electron chi connectivity index (χ0n) is 15.0. The van der Waals surface area contributed by atoms with Gasteiger partial charge >= 0.3 is 5.97 Å². The molecule has 2 saturated heterocycles. The first-order valence-corrected chi connectivity index (χ1v) is 11.1. The Bertz CT molecular complexity index is 783. The summed E-state index contributed by atoms with van der Waals surface area (Å²) in [5, 5.41) is 27.7. The number of carboxylic acid groups (broad SMARTS) is 1. The van der Waals surface area contributed by atoms with Crippen LogP contribution in [0.1, 0.15) is 20.3 Å². The van der Waals surface area contributed by atoms with Crippen LogP contribution in [0.4, 0.5) is 0 Å². The molecule has 2 fully saturated rings. The Hall–Kier alpha value is -1.18. The van der Waals surface area contributed by atoms with E-state index in [1.807, 2.05) is 6.92 Å². The maximum Gasteiger partial charge on any atom is 0.353 e. The fraction of sp³-hybridized carbons (Fsp3) is 0.733. The van der Waals surface area contributed by atoms with E-state index in [-0.39, 0.29) is 41.4 Å². The van der Waals surface area contributed by atoms with Crippen molar-refractivity contribution in [2.24, 2.45) is 17.0 Å². The molecular weight excluding hydrogens is 396 g/mol. The minimum atomic E-state index is -3.76. The zero-order chi connectivity index (χ0) is 20.1. The van der Waals surface area contributed by atoms with Gasteiger partial charge in [-0.1, -0.05) is 6.92 Å². The van der Waals surface area contributed by atoms with Gasteiger partial charge < -0.3 is 20.4 Å². The van der Waals surface area contributed by atoms with Crippen LogP contribution in [0.2, 0.25) is 0 Å². The molecular formula is C15H24N4O6S2. The summed E-state index contributed by atoms with van der Waals surface area (Å²) in [6.07, 6.45) is -0.197. The lowest BCUT2D eigenvalue weighted by Crippen LogP contribution is -2.63. The summed E-state index contributed by atoms with van der Waals surface area (Å²) < 4.78 is 24.3. The van der Waals surface area contributed by atoms with Crippen LogP contribution < -0.4 is 15.2 Å². The van der Waals surface area contributed by atoms with Crippen LogP contribution in [0.3, 0.4) is 0 Å². The number of β-lactam (4-membered cyclic amide) rings is 1. The number of aliphatic hydroxyl groups excluding tert-OH is 1. The van der Waals surface area contributed by atoms with Gasteiger partial charge in [0.1, 0.15) is 5.70 Å². The maximum absolute atomic E-state index is 12.3. The molecule has 0 unspecified atom stereocenters. The minimum Gasteiger partial charge on any atom is -0.477 e. The summed E-state index contributed by atoms with van der Waals surface area (Å²) in [7, 11) is -3.76. The number of carbonyl (C=O) groups excluding carboxylic acids is 1. The topological polar surface area (TPSA) is 162 Å². The Kier molecular flexibility index (Phi) is 5.58. The first kappa shape index (κ1) is 20.6. The van der Waals surface area contributed by atoms with Crippen molar-refractivity contribution >= 4 is 33.8 Å². The van der Waals surface area contributed by atoms with Crippen molar-refractivity contribution in [3.05, 3.63) is 10.6 Å². The Morgan fingerprint density at radius 2 is 2.19 bits per heavy atom. The number of carboxylic acids is 1. The van der Waals surface area contributed by atoms with Gasteiger partial charge in [0, 0.05) is 35.2 Å². The van der Waals surface area contributed by atoms with Gasteiger partial charge in [-0.15, -0.1) is 11.8 Å². The third kappa shape index (κ3) is 3.87. The summed E-state index contributed by atoms with van der Waals surface area (Å²) >= 11 is 1.41. The Balaban J connectivity index is 1.71. The van der Waals surface area contributed by atoms with Gasteiger partial charge in [-0.25, -0.2) is 14.7 Å². The smallest absolute Gasteiger partial charge is 0.353 e. The third-order valence-corrected chi connectivity index (χ3v) is 7.40. The fourth-order valence-corrected chi connectivity index (χ4v) is 6.05. The largest absolute Gasteiger partial charge is 0.477 e. The Morgan fingerprint density at radius 3 is 2.74 bits per heavy atom. The number of hydrogen-bond acceptors (Lipinski definition) is 7. The lowest BCUT2D eigenvalue weighted by atomic mass is 9.79. The number of hydrogen-bond donors (Lipinski definition) is 5. The van der Waals surface area contributed by atoms with Gasteiger partial charge in [0.2, 0.25) is 5.91 Å². The van der Waals surface area contributed by atoms with Crippen molar-refractivity contribution in [2.45, 2.75) is 43.7 Å². The molecule has 0 radical (unpaired) electrons. The standard InChI is InChI=1S/C15H24N4O6S2/c1-6-11-10(7(2)20)14(21)19(11)12(15(22)23)13(6)26-9-3-8(17-5-9)4-18-27(16,24)25/h6-11,17-18,20H,3-5H2,1-2H3,(H,22,23)(H2,16,24,25)/t6-,7+,8+,9-,10-,11-/m0/s1. The molecule has 1 amide bonds. The number of thioether (sulfide) groups is 1. The monoisotopic (exact) mass is 420 g/mol.